The number of para-hydroxylation sites is 1. The van der Waals surface area contributed by atoms with Gasteiger partial charge in [-0.15, -0.1) is 0 Å². The molecular weight excluding hydrogens is 196 g/mol. The minimum absolute atomic E-state index is 0.465. The smallest absolute Gasteiger partial charge is 0.409 e. The molecule has 0 spiro atoms. The molecule has 0 radical (unpaired) electrons. The average Bonchev–Trinajstić information content (AvgIpc) is 2.04. The predicted octanol–water partition coefficient (Wildman–Crippen LogP) is 2.85. The molecule has 0 fully saturated rings. The van der Waals surface area contributed by atoms with Crippen LogP contribution in [0.2, 0.25) is 0 Å². The molecule has 0 saturated heterocycles. The van der Waals surface area contributed by atoms with Crippen LogP contribution in [0.15, 0.2) is 24.3 Å². The molecule has 0 N–H and O–H groups in total. The Morgan fingerprint density at radius 2 is 2.17 bits per heavy atom. The van der Waals surface area contributed by atoms with Gasteiger partial charge in [-0.3, -0.25) is 0 Å². The Balaban J connectivity index is 2.89. The zero-order chi connectivity index (χ0) is 8.97. The van der Waals surface area contributed by atoms with Gasteiger partial charge in [0.2, 0.25) is 0 Å². The Labute approximate surface area is 80.9 Å². The van der Waals surface area contributed by atoms with E-state index in [2.05, 4.69) is 12.6 Å². The summed E-state index contributed by atoms with van der Waals surface area (Å²) in [5, 5.41) is 0. The van der Waals surface area contributed by atoms with Crippen molar-refractivity contribution in [2.45, 2.75) is 5.75 Å². The monoisotopic (exact) mass is 202 g/mol. The topological polar surface area (TPSA) is 26.3 Å². The van der Waals surface area contributed by atoms with E-state index in [1.165, 1.54) is 0 Å². The number of hydrogen-bond donors (Lipinski definition) is 1. The lowest BCUT2D eigenvalue weighted by atomic mass is 10.2. The van der Waals surface area contributed by atoms with Crippen molar-refractivity contribution in [3.63, 3.8) is 0 Å². The van der Waals surface area contributed by atoms with Gasteiger partial charge < -0.3 is 4.74 Å². The summed E-state index contributed by atoms with van der Waals surface area (Å²) in [5.41, 5.74) is 0.0130. The highest BCUT2D eigenvalue weighted by atomic mass is 35.5. The third kappa shape index (κ3) is 2.43. The van der Waals surface area contributed by atoms with Crippen molar-refractivity contribution in [3.8, 4) is 5.75 Å². The van der Waals surface area contributed by atoms with Gasteiger partial charge in [0.1, 0.15) is 5.75 Å². The normalized spacial score (nSPS) is 9.50. The van der Waals surface area contributed by atoms with Crippen LogP contribution in [0.25, 0.3) is 0 Å². The van der Waals surface area contributed by atoms with Crippen molar-refractivity contribution < 1.29 is 9.53 Å². The first kappa shape index (κ1) is 9.42. The molecule has 0 aliphatic rings. The van der Waals surface area contributed by atoms with Gasteiger partial charge in [-0.05, 0) is 6.07 Å². The highest BCUT2D eigenvalue weighted by Gasteiger charge is 2.03. The second-order valence-corrected chi connectivity index (χ2v) is 2.73. The molecule has 0 amide bonds. The van der Waals surface area contributed by atoms with E-state index in [0.717, 1.165) is 5.56 Å². The molecule has 12 heavy (non-hydrogen) atoms. The Hall–Kier alpha value is -0.670. The fraction of sp³-hybridized carbons (Fsp3) is 0.125. The molecule has 0 aliphatic carbocycles. The van der Waals surface area contributed by atoms with Gasteiger partial charge in [-0.1, -0.05) is 18.2 Å². The Bertz CT molecular complexity index is 288. The van der Waals surface area contributed by atoms with Crippen LogP contribution in [-0.4, -0.2) is 5.43 Å². The standard InChI is InChI=1S/C8H7ClO2S/c9-8(10)11-7-4-2-1-3-6(7)5-12/h1-4,12H,5H2. The average molecular weight is 203 g/mol. The van der Waals surface area contributed by atoms with E-state index < -0.39 is 5.43 Å². The molecule has 4 heteroatoms. The Morgan fingerprint density at radius 1 is 1.50 bits per heavy atom. The van der Waals surface area contributed by atoms with Crippen LogP contribution in [-0.2, 0) is 5.75 Å². The molecule has 0 bridgehead atoms. The van der Waals surface area contributed by atoms with Gasteiger partial charge in [-0.2, -0.15) is 12.6 Å². The first-order valence-electron chi connectivity index (χ1n) is 3.30. The zero-order valence-electron chi connectivity index (χ0n) is 6.16. The molecule has 0 atom stereocenters. The number of hydrogen-bond acceptors (Lipinski definition) is 3. The van der Waals surface area contributed by atoms with Gasteiger partial charge in [0.15, 0.2) is 0 Å². The third-order valence-electron chi connectivity index (χ3n) is 1.33. The van der Waals surface area contributed by atoms with Crippen molar-refractivity contribution in [2.75, 3.05) is 0 Å². The van der Waals surface area contributed by atoms with Crippen LogP contribution in [0.3, 0.4) is 0 Å². The lowest BCUT2D eigenvalue weighted by molar-refractivity contribution is 0.225. The molecule has 0 saturated carbocycles. The predicted molar refractivity (Wildman–Crippen MR) is 51.0 cm³/mol. The number of thiol groups is 1. The van der Waals surface area contributed by atoms with Gasteiger partial charge >= 0.3 is 5.43 Å². The summed E-state index contributed by atoms with van der Waals surface area (Å²) < 4.78 is 4.71. The van der Waals surface area contributed by atoms with Crippen molar-refractivity contribution in [3.05, 3.63) is 29.8 Å². The maximum atomic E-state index is 10.4. The Kier molecular flexibility index (Phi) is 3.44. The third-order valence-corrected chi connectivity index (χ3v) is 1.75. The minimum atomic E-state index is -0.829. The summed E-state index contributed by atoms with van der Waals surface area (Å²) in [6.45, 7) is 0. The molecule has 0 aliphatic heterocycles. The van der Waals surface area contributed by atoms with Crippen LogP contribution < -0.4 is 4.74 Å². The van der Waals surface area contributed by atoms with Crippen molar-refractivity contribution >= 4 is 29.7 Å². The van der Waals surface area contributed by atoms with Crippen molar-refractivity contribution in [2.24, 2.45) is 0 Å². The molecular formula is C8H7ClO2S. The first-order valence-corrected chi connectivity index (χ1v) is 4.31. The number of rotatable bonds is 2. The van der Waals surface area contributed by atoms with E-state index >= 15 is 0 Å². The molecule has 1 aromatic rings. The maximum Gasteiger partial charge on any atom is 0.409 e. The van der Waals surface area contributed by atoms with Gasteiger partial charge in [-0.25, -0.2) is 4.79 Å². The van der Waals surface area contributed by atoms with Crippen LogP contribution in [0.5, 0.6) is 5.75 Å². The van der Waals surface area contributed by atoms with Gasteiger partial charge in [0.05, 0.1) is 0 Å². The number of carbonyl (C=O) groups excluding carboxylic acids is 1. The van der Waals surface area contributed by atoms with Crippen LogP contribution in [0.1, 0.15) is 5.56 Å². The summed E-state index contributed by atoms with van der Waals surface area (Å²) in [7, 11) is 0. The van der Waals surface area contributed by atoms with Crippen molar-refractivity contribution in [1.82, 2.24) is 0 Å². The molecule has 0 unspecified atom stereocenters. The van der Waals surface area contributed by atoms with Gasteiger partial charge in [0.25, 0.3) is 0 Å². The maximum absolute atomic E-state index is 10.4. The summed E-state index contributed by atoms with van der Waals surface area (Å²) in [5.74, 6) is 0.980. The first-order chi connectivity index (χ1) is 5.74. The van der Waals surface area contributed by atoms with Crippen molar-refractivity contribution in [1.29, 1.82) is 0 Å². The molecule has 1 aromatic carbocycles. The summed E-state index contributed by atoms with van der Waals surface area (Å²) >= 11 is 9.12. The van der Waals surface area contributed by atoms with Crippen LogP contribution in [0, 0.1) is 0 Å². The van der Waals surface area contributed by atoms with Crippen LogP contribution >= 0.6 is 24.2 Å². The van der Waals surface area contributed by atoms with E-state index in [1.54, 1.807) is 12.1 Å². The van der Waals surface area contributed by atoms with E-state index in [4.69, 9.17) is 16.3 Å². The fourth-order valence-electron chi connectivity index (χ4n) is 0.820. The molecule has 0 heterocycles. The largest absolute Gasteiger partial charge is 0.414 e. The highest BCUT2D eigenvalue weighted by molar-refractivity contribution is 7.79. The Morgan fingerprint density at radius 3 is 2.75 bits per heavy atom. The van der Waals surface area contributed by atoms with E-state index in [1.807, 2.05) is 12.1 Å². The number of carbonyl (C=O) groups is 1. The van der Waals surface area contributed by atoms with Crippen LogP contribution in [0.4, 0.5) is 4.79 Å². The quantitative estimate of drug-likeness (QED) is 0.590. The van der Waals surface area contributed by atoms with Gasteiger partial charge in [0, 0.05) is 22.9 Å². The molecule has 2 nitrogen and oxygen atoms in total. The SMILES string of the molecule is O=C(Cl)Oc1ccccc1CS. The summed E-state index contributed by atoms with van der Waals surface area (Å²) in [6, 6.07) is 7.10. The highest BCUT2D eigenvalue weighted by Crippen LogP contribution is 2.20. The fourth-order valence-corrected chi connectivity index (χ4v) is 1.16. The zero-order valence-corrected chi connectivity index (χ0v) is 7.81. The van der Waals surface area contributed by atoms with E-state index in [9.17, 15) is 4.79 Å². The molecule has 0 aromatic heterocycles. The minimum Gasteiger partial charge on any atom is -0.414 e. The number of halogens is 1. The lowest BCUT2D eigenvalue weighted by Gasteiger charge is -2.03. The van der Waals surface area contributed by atoms with E-state index in [0.29, 0.717) is 11.5 Å². The number of ether oxygens (including phenoxy) is 1. The second-order valence-electron chi connectivity index (χ2n) is 2.11. The lowest BCUT2D eigenvalue weighted by Crippen LogP contribution is -1.98. The molecule has 1 rings (SSSR count). The summed E-state index contributed by atoms with van der Waals surface area (Å²) in [6.07, 6.45) is 0. The number of benzene rings is 1. The summed E-state index contributed by atoms with van der Waals surface area (Å²) in [4.78, 5) is 10.4. The van der Waals surface area contributed by atoms with E-state index in [-0.39, 0.29) is 0 Å². The second kappa shape index (κ2) is 4.38. The molecule has 64 valence electrons.